The molecule has 16 heavy (non-hydrogen) atoms. The molecule has 1 rings (SSSR count). The zero-order valence-corrected chi connectivity index (χ0v) is 9.43. The predicted octanol–water partition coefficient (Wildman–Crippen LogP) is 0.847. The highest BCUT2D eigenvalue weighted by molar-refractivity contribution is 5.87. The smallest absolute Gasteiger partial charge is 0.356 e. The van der Waals surface area contributed by atoms with Crippen LogP contribution in [0.2, 0.25) is 0 Å². The van der Waals surface area contributed by atoms with Crippen LogP contribution in [0.25, 0.3) is 0 Å². The zero-order chi connectivity index (χ0) is 12.0. The second-order valence-corrected chi connectivity index (χ2v) is 2.97. The van der Waals surface area contributed by atoms with Crippen molar-refractivity contribution < 1.29 is 19.3 Å². The lowest BCUT2D eigenvalue weighted by atomic mass is 10.4. The molecule has 0 atom stereocenters. The number of nitrogens with zero attached hydrogens (tertiary/aromatic N) is 1. The molecule has 0 radical (unpaired) electrons. The maximum atomic E-state index is 11.4. The van der Waals surface area contributed by atoms with Crippen LogP contribution in [-0.2, 0) is 21.1 Å². The van der Waals surface area contributed by atoms with Crippen molar-refractivity contribution in [1.29, 1.82) is 0 Å². The summed E-state index contributed by atoms with van der Waals surface area (Å²) in [6.07, 6.45) is 0. The van der Waals surface area contributed by atoms with Gasteiger partial charge < -0.3 is 10.6 Å². The van der Waals surface area contributed by atoms with E-state index < -0.39 is 5.97 Å². The quantitative estimate of drug-likeness (QED) is 0.257. The van der Waals surface area contributed by atoms with Gasteiger partial charge in [0.05, 0.1) is 18.9 Å². The first-order valence-corrected chi connectivity index (χ1v) is 5.07. The van der Waals surface area contributed by atoms with Gasteiger partial charge >= 0.3 is 5.97 Å². The summed E-state index contributed by atoms with van der Waals surface area (Å²) >= 11 is 0. The minimum Gasteiger partial charge on any atom is -0.461 e. The van der Waals surface area contributed by atoms with E-state index >= 15 is 0 Å². The van der Waals surface area contributed by atoms with Crippen LogP contribution < -0.4 is 5.84 Å². The Hall–Kier alpha value is -1.53. The van der Waals surface area contributed by atoms with Gasteiger partial charge in [0.1, 0.15) is 12.3 Å². The second-order valence-electron chi connectivity index (χ2n) is 2.97. The van der Waals surface area contributed by atoms with E-state index in [1.807, 2.05) is 6.92 Å². The Morgan fingerprint density at radius 2 is 2.06 bits per heavy atom. The van der Waals surface area contributed by atoms with Crippen LogP contribution in [0, 0.1) is 0 Å². The number of nitrogens with two attached hydrogens (primary N) is 1. The minimum atomic E-state index is -0.451. The Bertz CT molecular complexity index is 349. The Balaban J connectivity index is 2.64. The number of rotatable bonds is 6. The van der Waals surface area contributed by atoms with E-state index in [2.05, 4.69) is 0 Å². The number of esters is 1. The SMILES string of the molecule is CCOOCc1ccc(C(=O)OCC)n1N. The van der Waals surface area contributed by atoms with Crippen molar-refractivity contribution in [3.8, 4) is 0 Å². The fourth-order valence-electron chi connectivity index (χ4n) is 1.16. The molecule has 90 valence electrons. The third-order valence-corrected chi connectivity index (χ3v) is 1.90. The van der Waals surface area contributed by atoms with E-state index in [4.69, 9.17) is 20.4 Å². The number of carbonyl (C=O) groups is 1. The number of hydrogen-bond donors (Lipinski definition) is 1. The lowest BCUT2D eigenvalue weighted by molar-refractivity contribution is -0.301. The molecule has 0 unspecified atom stereocenters. The van der Waals surface area contributed by atoms with Gasteiger partial charge in [-0.1, -0.05) is 0 Å². The highest BCUT2D eigenvalue weighted by Gasteiger charge is 2.14. The summed E-state index contributed by atoms with van der Waals surface area (Å²) in [6, 6.07) is 3.27. The molecule has 0 fully saturated rings. The summed E-state index contributed by atoms with van der Waals surface area (Å²) < 4.78 is 6.07. The topological polar surface area (TPSA) is 75.7 Å². The van der Waals surface area contributed by atoms with Crippen molar-refractivity contribution in [3.05, 3.63) is 23.5 Å². The number of carbonyl (C=O) groups excluding carboxylic acids is 1. The van der Waals surface area contributed by atoms with Gasteiger partial charge in [0, 0.05) is 0 Å². The van der Waals surface area contributed by atoms with Crippen molar-refractivity contribution >= 4 is 5.97 Å². The molecule has 1 aromatic rings. The van der Waals surface area contributed by atoms with E-state index in [9.17, 15) is 4.79 Å². The van der Waals surface area contributed by atoms with Gasteiger partial charge in [-0.05, 0) is 26.0 Å². The lowest BCUT2D eigenvalue weighted by Crippen LogP contribution is -2.20. The molecular formula is C10H16N2O4. The monoisotopic (exact) mass is 228 g/mol. The molecule has 0 amide bonds. The van der Waals surface area contributed by atoms with Gasteiger partial charge in [0.15, 0.2) is 0 Å². The Kier molecular flexibility index (Phi) is 4.81. The molecule has 0 spiro atoms. The van der Waals surface area contributed by atoms with Crippen LogP contribution in [-0.4, -0.2) is 23.9 Å². The van der Waals surface area contributed by atoms with Gasteiger partial charge in [-0.15, -0.1) is 0 Å². The van der Waals surface area contributed by atoms with Gasteiger partial charge in [-0.2, -0.15) is 0 Å². The summed E-state index contributed by atoms with van der Waals surface area (Å²) in [7, 11) is 0. The van der Waals surface area contributed by atoms with Crippen molar-refractivity contribution in [2.45, 2.75) is 20.5 Å². The summed E-state index contributed by atoms with van der Waals surface area (Å²) in [5, 5.41) is 0. The van der Waals surface area contributed by atoms with Crippen LogP contribution in [0.3, 0.4) is 0 Å². The average molecular weight is 228 g/mol. The van der Waals surface area contributed by atoms with Gasteiger partial charge in [-0.3, -0.25) is 4.68 Å². The maximum Gasteiger partial charge on any atom is 0.356 e. The van der Waals surface area contributed by atoms with E-state index in [1.54, 1.807) is 19.1 Å². The zero-order valence-electron chi connectivity index (χ0n) is 9.43. The molecule has 1 aromatic heterocycles. The third-order valence-electron chi connectivity index (χ3n) is 1.90. The minimum absolute atomic E-state index is 0.184. The second kappa shape index (κ2) is 6.14. The molecule has 0 aromatic carbocycles. The molecule has 0 bridgehead atoms. The van der Waals surface area contributed by atoms with E-state index in [1.165, 1.54) is 4.68 Å². The third kappa shape index (κ3) is 2.98. The molecular weight excluding hydrogens is 212 g/mol. The lowest BCUT2D eigenvalue weighted by Gasteiger charge is -2.06. The largest absolute Gasteiger partial charge is 0.461 e. The molecule has 6 heteroatoms. The van der Waals surface area contributed by atoms with E-state index in [0.29, 0.717) is 18.9 Å². The molecule has 1 heterocycles. The number of aromatic nitrogens is 1. The van der Waals surface area contributed by atoms with Crippen molar-refractivity contribution in [2.75, 3.05) is 19.1 Å². The van der Waals surface area contributed by atoms with Crippen molar-refractivity contribution in [3.63, 3.8) is 0 Å². The average Bonchev–Trinajstić information content (AvgIpc) is 2.61. The molecule has 0 aliphatic carbocycles. The first-order chi connectivity index (χ1) is 7.70. The normalized spacial score (nSPS) is 10.4. The highest BCUT2D eigenvalue weighted by Crippen LogP contribution is 2.08. The van der Waals surface area contributed by atoms with Crippen molar-refractivity contribution in [1.82, 2.24) is 4.68 Å². The maximum absolute atomic E-state index is 11.4. The molecule has 0 aliphatic rings. The van der Waals surface area contributed by atoms with E-state index in [-0.39, 0.29) is 12.3 Å². The first-order valence-electron chi connectivity index (χ1n) is 5.07. The fraction of sp³-hybridized carbons (Fsp3) is 0.500. The summed E-state index contributed by atoms with van der Waals surface area (Å²) in [4.78, 5) is 21.0. The molecule has 0 aliphatic heterocycles. The predicted molar refractivity (Wildman–Crippen MR) is 57.0 cm³/mol. The number of nitrogen functional groups attached to an aromatic ring is 1. The van der Waals surface area contributed by atoms with Crippen LogP contribution >= 0.6 is 0 Å². The van der Waals surface area contributed by atoms with Crippen molar-refractivity contribution in [2.24, 2.45) is 0 Å². The number of ether oxygens (including phenoxy) is 1. The summed E-state index contributed by atoms with van der Waals surface area (Å²) in [6.45, 7) is 4.50. The summed E-state index contributed by atoms with van der Waals surface area (Å²) in [5.41, 5.74) is 0.924. The highest BCUT2D eigenvalue weighted by atomic mass is 17.2. The van der Waals surface area contributed by atoms with Crippen LogP contribution in [0.5, 0.6) is 0 Å². The molecule has 0 saturated carbocycles. The Morgan fingerprint density at radius 1 is 1.31 bits per heavy atom. The van der Waals surface area contributed by atoms with E-state index in [0.717, 1.165) is 0 Å². The number of hydrogen-bond acceptors (Lipinski definition) is 5. The van der Waals surface area contributed by atoms with Gasteiger partial charge in [-0.25, -0.2) is 14.6 Å². The molecule has 0 saturated heterocycles. The van der Waals surface area contributed by atoms with Gasteiger partial charge in [0.2, 0.25) is 0 Å². The summed E-state index contributed by atoms with van der Waals surface area (Å²) in [5.74, 6) is 5.25. The van der Waals surface area contributed by atoms with Crippen LogP contribution in [0.1, 0.15) is 30.0 Å². The molecule has 6 nitrogen and oxygen atoms in total. The van der Waals surface area contributed by atoms with Crippen LogP contribution in [0.4, 0.5) is 0 Å². The first kappa shape index (κ1) is 12.5. The Labute approximate surface area is 93.8 Å². The Morgan fingerprint density at radius 3 is 2.69 bits per heavy atom. The standard InChI is InChI=1S/C10H16N2O4/c1-3-14-10(13)9-6-5-8(12(9)11)7-16-15-4-2/h5-6H,3-4,7,11H2,1-2H3. The van der Waals surface area contributed by atoms with Crippen LogP contribution in [0.15, 0.2) is 12.1 Å². The fourth-order valence-corrected chi connectivity index (χ4v) is 1.16. The molecule has 2 N–H and O–H groups in total. The van der Waals surface area contributed by atoms with Gasteiger partial charge in [0.25, 0.3) is 0 Å².